The first-order chi connectivity index (χ1) is 13.2. The highest BCUT2D eigenvalue weighted by atomic mass is 127. The van der Waals surface area contributed by atoms with E-state index in [0.29, 0.717) is 0 Å². The Morgan fingerprint density at radius 1 is 1.07 bits per heavy atom. The molecular weight excluding hydrogens is 467 g/mol. The third-order valence-corrected chi connectivity index (χ3v) is 5.95. The largest absolute Gasteiger partial charge is 0.375 e. The number of nitrogens with one attached hydrogen (secondary N) is 1. The second kappa shape index (κ2) is 12.5. The summed E-state index contributed by atoms with van der Waals surface area (Å²) in [7, 11) is 0. The Bertz CT molecular complexity index is 463. The molecule has 4 unspecified atom stereocenters. The first-order valence-corrected chi connectivity index (χ1v) is 11.1. The molecule has 0 aromatic rings. The van der Waals surface area contributed by atoms with Gasteiger partial charge in [-0.25, -0.2) is 0 Å². The standard InChI is InChI=1S/C21H40N4O2.HI/c1-4-22-21(23-8-6-9-24-14-17(2)13-18(3)15-24)25-10-12-27-20(16-25)19-7-5-11-26-19;/h17-20H,4-16H2,1-3H3,(H,22,23);1H. The molecule has 7 heteroatoms. The van der Waals surface area contributed by atoms with Gasteiger partial charge in [-0.05, 0) is 51.0 Å². The van der Waals surface area contributed by atoms with Gasteiger partial charge in [-0.3, -0.25) is 4.99 Å². The normalized spacial score (nSPS) is 32.2. The average molecular weight is 508 g/mol. The molecule has 28 heavy (non-hydrogen) atoms. The predicted molar refractivity (Wildman–Crippen MR) is 126 cm³/mol. The van der Waals surface area contributed by atoms with E-state index >= 15 is 0 Å². The Morgan fingerprint density at radius 3 is 2.50 bits per heavy atom. The molecule has 3 aliphatic heterocycles. The summed E-state index contributed by atoms with van der Waals surface area (Å²) >= 11 is 0. The fourth-order valence-electron chi connectivity index (χ4n) is 4.87. The minimum absolute atomic E-state index is 0. The van der Waals surface area contributed by atoms with Crippen molar-refractivity contribution in [1.82, 2.24) is 15.1 Å². The zero-order chi connectivity index (χ0) is 19.1. The first-order valence-electron chi connectivity index (χ1n) is 11.1. The van der Waals surface area contributed by atoms with E-state index in [9.17, 15) is 0 Å². The van der Waals surface area contributed by atoms with Crippen LogP contribution in [0.3, 0.4) is 0 Å². The van der Waals surface area contributed by atoms with Crippen molar-refractivity contribution in [3.8, 4) is 0 Å². The molecule has 164 valence electrons. The number of piperidine rings is 1. The smallest absolute Gasteiger partial charge is 0.194 e. The number of aliphatic imine (C=N–C) groups is 1. The third kappa shape index (κ3) is 7.29. The van der Waals surface area contributed by atoms with Crippen LogP contribution in [0.2, 0.25) is 0 Å². The van der Waals surface area contributed by atoms with Crippen LogP contribution >= 0.6 is 24.0 Å². The SMILES string of the molecule is CCNC(=NCCCN1CC(C)CC(C)C1)N1CCOC(C2CCCO2)C1.I. The summed E-state index contributed by atoms with van der Waals surface area (Å²) in [6.07, 6.45) is 5.24. The molecule has 3 saturated heterocycles. The van der Waals surface area contributed by atoms with Crippen molar-refractivity contribution in [1.29, 1.82) is 0 Å². The van der Waals surface area contributed by atoms with Gasteiger partial charge in [0.1, 0.15) is 6.10 Å². The van der Waals surface area contributed by atoms with Crippen LogP contribution in [0.1, 0.15) is 46.5 Å². The van der Waals surface area contributed by atoms with Gasteiger partial charge in [-0.15, -0.1) is 24.0 Å². The summed E-state index contributed by atoms with van der Waals surface area (Å²) in [5, 5.41) is 3.48. The van der Waals surface area contributed by atoms with Crippen LogP contribution in [-0.4, -0.2) is 87.0 Å². The van der Waals surface area contributed by atoms with E-state index in [-0.39, 0.29) is 36.2 Å². The van der Waals surface area contributed by atoms with E-state index in [1.165, 1.54) is 26.1 Å². The molecule has 0 aromatic heterocycles. The summed E-state index contributed by atoms with van der Waals surface area (Å²) in [4.78, 5) is 9.92. The van der Waals surface area contributed by atoms with Gasteiger partial charge < -0.3 is 24.6 Å². The van der Waals surface area contributed by atoms with Crippen molar-refractivity contribution in [2.24, 2.45) is 16.8 Å². The molecule has 0 aliphatic carbocycles. The molecule has 3 heterocycles. The van der Waals surface area contributed by atoms with E-state index in [2.05, 4.69) is 35.9 Å². The van der Waals surface area contributed by atoms with E-state index in [1.54, 1.807) is 0 Å². The highest BCUT2D eigenvalue weighted by Gasteiger charge is 2.32. The van der Waals surface area contributed by atoms with E-state index in [1.807, 2.05) is 0 Å². The number of halogens is 1. The molecule has 0 aromatic carbocycles. The van der Waals surface area contributed by atoms with Crippen molar-refractivity contribution in [3.05, 3.63) is 0 Å². The number of hydrogen-bond donors (Lipinski definition) is 1. The number of likely N-dealkylation sites (tertiary alicyclic amines) is 1. The second-order valence-corrected chi connectivity index (χ2v) is 8.70. The minimum atomic E-state index is 0. The van der Waals surface area contributed by atoms with Gasteiger partial charge >= 0.3 is 0 Å². The monoisotopic (exact) mass is 508 g/mol. The molecular formula is C21H41IN4O2. The van der Waals surface area contributed by atoms with Crippen LogP contribution in [0.25, 0.3) is 0 Å². The zero-order valence-corrected chi connectivity index (χ0v) is 20.4. The van der Waals surface area contributed by atoms with Crippen molar-refractivity contribution < 1.29 is 9.47 Å². The molecule has 0 spiro atoms. The van der Waals surface area contributed by atoms with Crippen LogP contribution in [0, 0.1) is 11.8 Å². The van der Waals surface area contributed by atoms with Gasteiger partial charge in [0.25, 0.3) is 0 Å². The lowest BCUT2D eigenvalue weighted by atomic mass is 9.92. The number of nitrogens with zero attached hydrogens (tertiary/aromatic N) is 3. The molecule has 1 N–H and O–H groups in total. The lowest BCUT2D eigenvalue weighted by Gasteiger charge is -2.37. The summed E-state index contributed by atoms with van der Waals surface area (Å²) in [6.45, 7) is 15.8. The summed E-state index contributed by atoms with van der Waals surface area (Å²) in [5.74, 6) is 2.71. The highest BCUT2D eigenvalue weighted by Crippen LogP contribution is 2.22. The average Bonchev–Trinajstić information content (AvgIpc) is 3.18. The molecule has 6 nitrogen and oxygen atoms in total. The van der Waals surface area contributed by atoms with Gasteiger partial charge in [0, 0.05) is 45.9 Å². The second-order valence-electron chi connectivity index (χ2n) is 8.70. The molecule has 4 atom stereocenters. The fraction of sp³-hybridized carbons (Fsp3) is 0.952. The molecule has 0 amide bonds. The molecule has 0 bridgehead atoms. The predicted octanol–water partition coefficient (Wildman–Crippen LogP) is 2.82. The maximum Gasteiger partial charge on any atom is 0.194 e. The van der Waals surface area contributed by atoms with E-state index < -0.39 is 0 Å². The number of guanidine groups is 1. The Labute approximate surface area is 188 Å². The lowest BCUT2D eigenvalue weighted by molar-refractivity contribution is -0.0817. The Hall–Kier alpha value is -0.120. The number of rotatable bonds is 6. The van der Waals surface area contributed by atoms with Gasteiger partial charge in [0.2, 0.25) is 0 Å². The maximum atomic E-state index is 5.99. The van der Waals surface area contributed by atoms with E-state index in [0.717, 1.165) is 76.5 Å². The number of ether oxygens (including phenoxy) is 2. The van der Waals surface area contributed by atoms with Crippen LogP contribution < -0.4 is 5.32 Å². The quantitative estimate of drug-likeness (QED) is 0.259. The van der Waals surface area contributed by atoms with Gasteiger partial charge in [-0.1, -0.05) is 13.8 Å². The summed E-state index contributed by atoms with van der Waals surface area (Å²) in [6, 6.07) is 0. The van der Waals surface area contributed by atoms with Crippen LogP contribution in [0.5, 0.6) is 0 Å². The van der Waals surface area contributed by atoms with Gasteiger partial charge in [0.05, 0.1) is 12.7 Å². The van der Waals surface area contributed by atoms with Crippen molar-refractivity contribution in [2.75, 3.05) is 59.0 Å². The topological polar surface area (TPSA) is 49.3 Å². The molecule has 0 saturated carbocycles. The molecule has 3 aliphatic rings. The van der Waals surface area contributed by atoms with Crippen molar-refractivity contribution in [2.45, 2.75) is 58.7 Å². The number of hydrogen-bond acceptors (Lipinski definition) is 4. The zero-order valence-electron chi connectivity index (χ0n) is 18.1. The Balaban J connectivity index is 0.00000280. The van der Waals surface area contributed by atoms with Crippen LogP contribution in [-0.2, 0) is 9.47 Å². The van der Waals surface area contributed by atoms with E-state index in [4.69, 9.17) is 14.5 Å². The summed E-state index contributed by atoms with van der Waals surface area (Å²) < 4.78 is 11.8. The van der Waals surface area contributed by atoms with Crippen LogP contribution in [0.15, 0.2) is 4.99 Å². The molecule has 3 rings (SSSR count). The minimum Gasteiger partial charge on any atom is -0.375 e. The Kier molecular flexibility index (Phi) is 10.8. The maximum absolute atomic E-state index is 5.99. The fourth-order valence-corrected chi connectivity index (χ4v) is 4.87. The highest BCUT2D eigenvalue weighted by molar-refractivity contribution is 14.0. The first kappa shape index (κ1) is 24.2. The van der Waals surface area contributed by atoms with Crippen LogP contribution in [0.4, 0.5) is 0 Å². The Morgan fingerprint density at radius 2 is 1.82 bits per heavy atom. The summed E-state index contributed by atoms with van der Waals surface area (Å²) in [5.41, 5.74) is 0. The lowest BCUT2D eigenvalue weighted by Crippen LogP contribution is -2.53. The van der Waals surface area contributed by atoms with Gasteiger partial charge in [0.15, 0.2) is 5.96 Å². The third-order valence-electron chi connectivity index (χ3n) is 5.95. The number of morpholine rings is 1. The molecule has 0 radical (unpaired) electrons. The van der Waals surface area contributed by atoms with Crippen molar-refractivity contribution in [3.63, 3.8) is 0 Å². The van der Waals surface area contributed by atoms with Crippen molar-refractivity contribution >= 4 is 29.9 Å². The van der Waals surface area contributed by atoms with Gasteiger partial charge in [-0.2, -0.15) is 0 Å². The molecule has 3 fully saturated rings.